The van der Waals surface area contributed by atoms with Crippen LogP contribution in [-0.2, 0) is 4.79 Å². The lowest BCUT2D eigenvalue weighted by Gasteiger charge is -2.12. The Morgan fingerprint density at radius 3 is 1.72 bits per heavy atom. The molecule has 126 valence electrons. The van der Waals surface area contributed by atoms with Crippen LogP contribution in [0.2, 0.25) is 0 Å². The summed E-state index contributed by atoms with van der Waals surface area (Å²) in [6, 6.07) is 27.7. The Bertz CT molecular complexity index is 852. The molecule has 0 atom stereocenters. The summed E-state index contributed by atoms with van der Waals surface area (Å²) < 4.78 is 0. The van der Waals surface area contributed by atoms with E-state index in [-0.39, 0.29) is 5.57 Å². The van der Waals surface area contributed by atoms with E-state index >= 15 is 0 Å². The van der Waals surface area contributed by atoms with Gasteiger partial charge in [-0.25, -0.2) is 4.79 Å². The summed E-state index contributed by atoms with van der Waals surface area (Å²) in [5, 5.41) is 7.89. The molecule has 0 spiro atoms. The normalized spacial score (nSPS) is 9.68. The van der Waals surface area contributed by atoms with Crippen molar-refractivity contribution in [3.63, 3.8) is 0 Å². The Kier molecular flexibility index (Phi) is 6.30. The summed E-state index contributed by atoms with van der Waals surface area (Å²) in [7, 11) is 0. The minimum Gasteiger partial charge on any atom is -0.478 e. The molecule has 2 nitrogen and oxygen atoms in total. The molecule has 0 saturated heterocycles. The number of rotatable bonds is 3. The number of aliphatic carboxylic acids is 1. The number of carboxylic acids is 1. The van der Waals surface area contributed by atoms with Crippen LogP contribution in [0.4, 0.5) is 0 Å². The monoisotopic (exact) mass is 330 g/mol. The molecule has 0 fully saturated rings. The Labute approximate surface area is 149 Å². The van der Waals surface area contributed by atoms with Crippen molar-refractivity contribution in [2.24, 2.45) is 0 Å². The fourth-order valence-corrected chi connectivity index (χ4v) is 2.46. The first-order valence-electron chi connectivity index (χ1n) is 8.10. The number of carbonyl (C=O) groups is 1. The highest BCUT2D eigenvalue weighted by Crippen LogP contribution is 2.33. The van der Waals surface area contributed by atoms with Gasteiger partial charge in [-0.3, -0.25) is 0 Å². The molecule has 2 heteroatoms. The average molecular weight is 330 g/mol. The van der Waals surface area contributed by atoms with Crippen LogP contribution >= 0.6 is 0 Å². The maximum atomic E-state index is 9.60. The van der Waals surface area contributed by atoms with Gasteiger partial charge >= 0.3 is 5.97 Å². The molecular weight excluding hydrogens is 308 g/mol. The molecule has 3 rings (SSSR count). The molecule has 0 bridgehead atoms. The second-order valence-corrected chi connectivity index (χ2v) is 5.81. The highest BCUT2D eigenvalue weighted by Gasteiger charge is 2.07. The highest BCUT2D eigenvalue weighted by atomic mass is 16.4. The fourth-order valence-electron chi connectivity index (χ4n) is 2.46. The summed E-state index contributed by atoms with van der Waals surface area (Å²) in [6.07, 6.45) is 0. The van der Waals surface area contributed by atoms with Crippen molar-refractivity contribution in [2.75, 3.05) is 0 Å². The van der Waals surface area contributed by atoms with Gasteiger partial charge in [-0.2, -0.15) is 0 Å². The maximum Gasteiger partial charge on any atom is 0.330 e. The largest absolute Gasteiger partial charge is 0.478 e. The number of benzene rings is 3. The van der Waals surface area contributed by atoms with Gasteiger partial charge in [0.15, 0.2) is 0 Å². The van der Waals surface area contributed by atoms with Gasteiger partial charge in [0.05, 0.1) is 0 Å². The van der Waals surface area contributed by atoms with Crippen molar-refractivity contribution in [1.29, 1.82) is 0 Å². The van der Waals surface area contributed by atoms with Gasteiger partial charge in [-0.05, 0) is 41.7 Å². The third-order valence-electron chi connectivity index (χ3n) is 3.81. The van der Waals surface area contributed by atoms with Crippen molar-refractivity contribution in [3.05, 3.63) is 96.6 Å². The Morgan fingerprint density at radius 2 is 1.20 bits per heavy atom. The first-order valence-corrected chi connectivity index (χ1v) is 8.10. The van der Waals surface area contributed by atoms with Crippen molar-refractivity contribution in [2.45, 2.75) is 13.8 Å². The van der Waals surface area contributed by atoms with E-state index in [9.17, 15) is 4.79 Å². The van der Waals surface area contributed by atoms with Crippen LogP contribution in [0, 0.1) is 6.92 Å². The van der Waals surface area contributed by atoms with Gasteiger partial charge in [0.1, 0.15) is 0 Å². The lowest BCUT2D eigenvalue weighted by atomic mass is 9.92. The average Bonchev–Trinajstić information content (AvgIpc) is 2.63. The molecule has 1 N–H and O–H groups in total. The summed E-state index contributed by atoms with van der Waals surface area (Å²) in [5.41, 5.74) is 6.65. The lowest BCUT2D eigenvalue weighted by molar-refractivity contribution is -0.132. The molecule has 0 aliphatic carbocycles. The first kappa shape index (κ1) is 18.2. The zero-order chi connectivity index (χ0) is 18.2. The van der Waals surface area contributed by atoms with Crippen LogP contribution in [0.25, 0.3) is 22.3 Å². The Hall–Kier alpha value is -3.13. The predicted octanol–water partition coefficient (Wildman–Crippen LogP) is 5.98. The van der Waals surface area contributed by atoms with E-state index in [1.165, 1.54) is 34.7 Å². The van der Waals surface area contributed by atoms with Crippen LogP contribution in [0.1, 0.15) is 12.5 Å². The molecule has 0 amide bonds. The Balaban J connectivity index is 0.000000326. The SMILES string of the molecule is C=C(C)C(=O)O.Cc1ccccc1-c1ccccc1-c1ccccc1. The lowest BCUT2D eigenvalue weighted by Crippen LogP contribution is -1.92. The molecule has 0 saturated carbocycles. The van der Waals surface area contributed by atoms with Crippen LogP contribution in [0.15, 0.2) is 91.0 Å². The minimum atomic E-state index is -0.935. The molecular formula is C23H22O2. The van der Waals surface area contributed by atoms with Gasteiger partial charge in [0.25, 0.3) is 0 Å². The molecule has 0 aliphatic heterocycles. The standard InChI is InChI=1S/C19H16.C4H6O2/c1-15-9-5-6-12-17(15)19-14-8-7-13-18(19)16-10-3-2-4-11-16;1-3(2)4(5)6/h2-14H,1H3;1H2,2H3,(H,5,6). The van der Waals surface area contributed by atoms with Gasteiger partial charge in [-0.1, -0.05) is 85.4 Å². The van der Waals surface area contributed by atoms with Gasteiger partial charge in [0, 0.05) is 5.57 Å². The van der Waals surface area contributed by atoms with Crippen LogP contribution in [0.5, 0.6) is 0 Å². The topological polar surface area (TPSA) is 37.3 Å². The number of aryl methyl sites for hydroxylation is 1. The van der Waals surface area contributed by atoms with Crippen molar-refractivity contribution in [3.8, 4) is 22.3 Å². The summed E-state index contributed by atoms with van der Waals surface area (Å²) >= 11 is 0. The minimum absolute atomic E-state index is 0.176. The van der Waals surface area contributed by atoms with E-state index in [0.717, 1.165) is 0 Å². The van der Waals surface area contributed by atoms with Gasteiger partial charge in [0.2, 0.25) is 0 Å². The molecule has 0 radical (unpaired) electrons. The van der Waals surface area contributed by atoms with Crippen LogP contribution in [0.3, 0.4) is 0 Å². The van der Waals surface area contributed by atoms with Crippen molar-refractivity contribution >= 4 is 5.97 Å². The molecule has 0 heterocycles. The van der Waals surface area contributed by atoms with E-state index in [1.807, 2.05) is 0 Å². The Morgan fingerprint density at radius 1 is 0.760 bits per heavy atom. The molecule has 0 unspecified atom stereocenters. The van der Waals surface area contributed by atoms with Crippen molar-refractivity contribution in [1.82, 2.24) is 0 Å². The second-order valence-electron chi connectivity index (χ2n) is 5.81. The third kappa shape index (κ3) is 4.92. The van der Waals surface area contributed by atoms with Crippen molar-refractivity contribution < 1.29 is 9.90 Å². The first-order chi connectivity index (χ1) is 12.0. The van der Waals surface area contributed by atoms with Crippen LogP contribution < -0.4 is 0 Å². The maximum absolute atomic E-state index is 9.60. The summed E-state index contributed by atoms with van der Waals surface area (Å²) in [5.74, 6) is -0.935. The van der Waals surface area contributed by atoms with E-state index in [1.54, 1.807) is 0 Å². The molecule has 3 aromatic rings. The third-order valence-corrected chi connectivity index (χ3v) is 3.81. The summed E-state index contributed by atoms with van der Waals surface area (Å²) in [6.45, 7) is 6.77. The fraction of sp³-hybridized carbons (Fsp3) is 0.0870. The zero-order valence-electron chi connectivity index (χ0n) is 14.6. The van der Waals surface area contributed by atoms with E-state index in [2.05, 4.69) is 92.4 Å². The van der Waals surface area contributed by atoms with Crippen LogP contribution in [-0.4, -0.2) is 11.1 Å². The molecule has 0 aliphatic rings. The molecule has 3 aromatic carbocycles. The smallest absolute Gasteiger partial charge is 0.330 e. The highest BCUT2D eigenvalue weighted by molar-refractivity contribution is 5.85. The van der Waals surface area contributed by atoms with E-state index < -0.39 is 5.97 Å². The quantitative estimate of drug-likeness (QED) is 0.600. The number of hydrogen-bond donors (Lipinski definition) is 1. The number of carboxylic acid groups (broad SMARTS) is 1. The molecule has 0 aromatic heterocycles. The number of hydrogen-bond acceptors (Lipinski definition) is 1. The van der Waals surface area contributed by atoms with Gasteiger partial charge < -0.3 is 5.11 Å². The predicted molar refractivity (Wildman–Crippen MR) is 105 cm³/mol. The van der Waals surface area contributed by atoms with Gasteiger partial charge in [-0.15, -0.1) is 0 Å². The molecule has 25 heavy (non-hydrogen) atoms. The summed E-state index contributed by atoms with van der Waals surface area (Å²) in [4.78, 5) is 9.60. The van der Waals surface area contributed by atoms with E-state index in [4.69, 9.17) is 5.11 Å². The zero-order valence-corrected chi connectivity index (χ0v) is 14.6. The second kappa shape index (κ2) is 8.65. The van der Waals surface area contributed by atoms with E-state index in [0.29, 0.717) is 0 Å².